The summed E-state index contributed by atoms with van der Waals surface area (Å²) in [4.78, 5) is 29.4. The number of hydrogen-bond acceptors (Lipinski definition) is 7. The number of ether oxygens (including phenoxy) is 1. The van der Waals surface area contributed by atoms with Crippen molar-refractivity contribution in [3.05, 3.63) is 46.4 Å². The van der Waals surface area contributed by atoms with Crippen molar-refractivity contribution in [2.75, 3.05) is 12.3 Å². The molecule has 2 aromatic heterocycles. The predicted molar refractivity (Wildman–Crippen MR) is 100 cm³/mol. The third kappa shape index (κ3) is 3.69. The van der Waals surface area contributed by atoms with Crippen LogP contribution in [0.3, 0.4) is 0 Å². The summed E-state index contributed by atoms with van der Waals surface area (Å²) in [6, 6.07) is 9.65. The number of thiazole rings is 1. The first kappa shape index (κ1) is 17.5. The van der Waals surface area contributed by atoms with Crippen LogP contribution in [-0.2, 0) is 16.1 Å². The Morgan fingerprint density at radius 1 is 1.40 bits per heavy atom. The molecular formula is C17H17N3O3S2. The minimum atomic E-state index is -0.460. The average molecular weight is 375 g/mol. The molecule has 3 aromatic rings. The zero-order valence-electron chi connectivity index (χ0n) is 13.8. The van der Waals surface area contributed by atoms with E-state index < -0.39 is 11.5 Å². The molecule has 8 heteroatoms. The fourth-order valence-corrected chi connectivity index (χ4v) is 4.52. The van der Waals surface area contributed by atoms with Gasteiger partial charge in [-0.2, -0.15) is 0 Å². The Labute approximate surface area is 152 Å². The van der Waals surface area contributed by atoms with E-state index in [1.807, 2.05) is 24.3 Å². The number of anilines is 1. The highest BCUT2D eigenvalue weighted by Crippen LogP contribution is 2.36. The lowest BCUT2D eigenvalue weighted by atomic mass is 10.3. The molecule has 0 aliphatic heterocycles. The van der Waals surface area contributed by atoms with Crippen LogP contribution in [0.15, 0.2) is 44.4 Å². The van der Waals surface area contributed by atoms with Crippen molar-refractivity contribution in [3.8, 4) is 0 Å². The molecule has 0 saturated heterocycles. The second kappa shape index (κ2) is 7.28. The van der Waals surface area contributed by atoms with E-state index in [9.17, 15) is 9.59 Å². The Balaban J connectivity index is 1.92. The maximum atomic E-state index is 12.5. The van der Waals surface area contributed by atoms with E-state index in [1.165, 1.54) is 16.3 Å². The fraction of sp³-hybridized carbons (Fsp3) is 0.235. The fourth-order valence-electron chi connectivity index (χ4n) is 2.36. The third-order valence-corrected chi connectivity index (χ3v) is 5.73. The first-order valence-electron chi connectivity index (χ1n) is 7.68. The van der Waals surface area contributed by atoms with Gasteiger partial charge >= 0.3 is 5.97 Å². The number of rotatable bonds is 5. The molecule has 25 heavy (non-hydrogen) atoms. The quantitative estimate of drug-likeness (QED) is 0.690. The first-order chi connectivity index (χ1) is 12.0. The number of nitrogens with two attached hydrogens (primary N) is 1. The lowest BCUT2D eigenvalue weighted by Crippen LogP contribution is -2.29. The first-order valence-corrected chi connectivity index (χ1v) is 9.32. The Bertz CT molecular complexity index is 961. The number of carbonyl (C=O) groups is 1. The van der Waals surface area contributed by atoms with E-state index in [0.717, 1.165) is 14.6 Å². The lowest BCUT2D eigenvalue weighted by molar-refractivity contribution is -0.143. The topological polar surface area (TPSA) is 87.2 Å². The number of carbonyl (C=O) groups excluding carboxylic acids is 1. The third-order valence-electron chi connectivity index (χ3n) is 3.57. The summed E-state index contributed by atoms with van der Waals surface area (Å²) in [6.45, 7) is 3.62. The minimum Gasteiger partial charge on any atom is -0.465 e. The largest absolute Gasteiger partial charge is 0.465 e. The zero-order valence-corrected chi connectivity index (χ0v) is 15.4. The van der Waals surface area contributed by atoms with Gasteiger partial charge in [-0.3, -0.25) is 14.2 Å². The summed E-state index contributed by atoms with van der Waals surface area (Å²) in [5, 5.41) is 0. The van der Waals surface area contributed by atoms with E-state index >= 15 is 0 Å². The van der Waals surface area contributed by atoms with Crippen molar-refractivity contribution >= 4 is 45.0 Å². The molecule has 0 saturated carbocycles. The van der Waals surface area contributed by atoms with Gasteiger partial charge in [0.05, 0.1) is 16.8 Å². The monoisotopic (exact) mass is 375 g/mol. The smallest absolute Gasteiger partial charge is 0.326 e. The maximum absolute atomic E-state index is 12.5. The van der Waals surface area contributed by atoms with Crippen LogP contribution < -0.4 is 11.3 Å². The number of para-hydroxylation sites is 1. The molecule has 2 heterocycles. The molecule has 2 N–H and O–H groups in total. The Morgan fingerprint density at radius 2 is 2.16 bits per heavy atom. The Hall–Kier alpha value is -2.32. The van der Waals surface area contributed by atoms with Gasteiger partial charge in [-0.15, -0.1) is 11.3 Å². The summed E-state index contributed by atoms with van der Waals surface area (Å²) >= 11 is 2.91. The molecule has 0 unspecified atom stereocenters. The van der Waals surface area contributed by atoms with Crippen LogP contribution in [0.5, 0.6) is 0 Å². The van der Waals surface area contributed by atoms with E-state index in [1.54, 1.807) is 31.3 Å². The van der Waals surface area contributed by atoms with Gasteiger partial charge in [0, 0.05) is 10.6 Å². The van der Waals surface area contributed by atoms with Crippen molar-refractivity contribution in [1.82, 2.24) is 9.55 Å². The van der Waals surface area contributed by atoms with Crippen LogP contribution in [-0.4, -0.2) is 22.1 Å². The number of nitrogens with zero attached hydrogens (tertiary/aromatic N) is 2. The number of hydrogen-bond donors (Lipinski definition) is 1. The lowest BCUT2D eigenvalue weighted by Gasteiger charge is -2.12. The molecule has 0 atom stereocenters. The maximum Gasteiger partial charge on any atom is 0.326 e. The van der Waals surface area contributed by atoms with Gasteiger partial charge in [0.2, 0.25) is 0 Å². The molecule has 0 aliphatic rings. The minimum absolute atomic E-state index is 0.110. The number of aryl methyl sites for hydroxylation is 1. The Kier molecular flexibility index (Phi) is 5.10. The van der Waals surface area contributed by atoms with Crippen LogP contribution in [0.1, 0.15) is 12.6 Å². The average Bonchev–Trinajstić information content (AvgIpc) is 2.99. The van der Waals surface area contributed by atoms with Gasteiger partial charge in [-0.1, -0.05) is 23.9 Å². The van der Waals surface area contributed by atoms with Crippen LogP contribution in [0.2, 0.25) is 0 Å². The summed E-state index contributed by atoms with van der Waals surface area (Å²) in [7, 11) is 0. The second-order valence-corrected chi connectivity index (χ2v) is 7.63. The van der Waals surface area contributed by atoms with Gasteiger partial charge < -0.3 is 10.5 Å². The Morgan fingerprint density at radius 3 is 2.88 bits per heavy atom. The van der Waals surface area contributed by atoms with Crippen LogP contribution in [0.4, 0.5) is 5.69 Å². The normalized spacial score (nSPS) is 11.0. The van der Waals surface area contributed by atoms with Gasteiger partial charge in [-0.05, 0) is 32.0 Å². The number of benzene rings is 1. The molecule has 0 bridgehead atoms. The molecule has 3 rings (SSSR count). The van der Waals surface area contributed by atoms with Gasteiger partial charge in [0.1, 0.15) is 12.2 Å². The van der Waals surface area contributed by atoms with E-state index in [4.69, 9.17) is 10.5 Å². The van der Waals surface area contributed by atoms with Crippen LogP contribution in [0, 0.1) is 6.92 Å². The number of nitrogen functional groups attached to an aromatic ring is 1. The number of esters is 1. The van der Waals surface area contributed by atoms with E-state index in [2.05, 4.69) is 4.98 Å². The second-order valence-electron chi connectivity index (χ2n) is 5.31. The standard InChI is InChI=1S/C17H17N3O3S2/c1-3-23-14(21)9-20-10(2)8-13(15(18)16(20)22)25-17-19-11-6-4-5-7-12(11)24-17/h4-8H,3,9,18H2,1-2H3. The van der Waals surface area contributed by atoms with Crippen molar-refractivity contribution in [2.24, 2.45) is 0 Å². The van der Waals surface area contributed by atoms with Crippen LogP contribution in [0.25, 0.3) is 10.2 Å². The summed E-state index contributed by atoms with van der Waals surface area (Å²) < 4.78 is 8.13. The highest BCUT2D eigenvalue weighted by Gasteiger charge is 2.15. The number of aromatic nitrogens is 2. The molecular weight excluding hydrogens is 358 g/mol. The summed E-state index contributed by atoms with van der Waals surface area (Å²) in [5.41, 5.74) is 7.30. The van der Waals surface area contributed by atoms with Crippen molar-refractivity contribution < 1.29 is 9.53 Å². The van der Waals surface area contributed by atoms with E-state index in [-0.39, 0.29) is 18.8 Å². The number of pyridine rings is 1. The zero-order chi connectivity index (χ0) is 18.0. The van der Waals surface area contributed by atoms with E-state index in [0.29, 0.717) is 10.6 Å². The predicted octanol–water partition coefficient (Wildman–Crippen LogP) is 3.06. The molecule has 0 aliphatic carbocycles. The van der Waals surface area contributed by atoms with Gasteiger partial charge in [0.25, 0.3) is 5.56 Å². The van der Waals surface area contributed by atoms with Crippen molar-refractivity contribution in [1.29, 1.82) is 0 Å². The molecule has 130 valence electrons. The highest BCUT2D eigenvalue weighted by molar-refractivity contribution is 8.01. The SMILES string of the molecule is CCOC(=O)Cn1c(C)cc(Sc2nc3ccccc3s2)c(N)c1=O. The summed E-state index contributed by atoms with van der Waals surface area (Å²) in [6.07, 6.45) is 0. The number of fused-ring (bicyclic) bond motifs is 1. The molecule has 0 spiro atoms. The van der Waals surface area contributed by atoms with Crippen molar-refractivity contribution in [2.45, 2.75) is 29.6 Å². The van der Waals surface area contributed by atoms with Gasteiger partial charge in [0.15, 0.2) is 4.34 Å². The highest BCUT2D eigenvalue weighted by atomic mass is 32.2. The molecule has 1 aromatic carbocycles. The molecule has 0 fully saturated rings. The van der Waals surface area contributed by atoms with Gasteiger partial charge in [-0.25, -0.2) is 4.98 Å². The molecule has 0 amide bonds. The molecule has 0 radical (unpaired) electrons. The summed E-state index contributed by atoms with van der Waals surface area (Å²) in [5.74, 6) is -0.460. The molecule has 6 nitrogen and oxygen atoms in total. The van der Waals surface area contributed by atoms with Crippen LogP contribution >= 0.6 is 23.1 Å². The van der Waals surface area contributed by atoms with Crippen molar-refractivity contribution in [3.63, 3.8) is 0 Å².